The maximum Gasteiger partial charge on any atom is 0.230 e. The van der Waals surface area contributed by atoms with Gasteiger partial charge in [-0.2, -0.15) is 0 Å². The summed E-state index contributed by atoms with van der Waals surface area (Å²) >= 11 is 0. The molecule has 1 aliphatic rings. The Morgan fingerprint density at radius 2 is 2.38 bits per heavy atom. The monoisotopic (exact) mass is 224 g/mol. The molecule has 0 amide bonds. The number of nitrogens with zero attached hydrogens (tertiary/aromatic N) is 3. The van der Waals surface area contributed by atoms with Crippen LogP contribution in [0.15, 0.2) is 4.42 Å². The number of hydrogen-bond acceptors (Lipinski definition) is 5. The van der Waals surface area contributed by atoms with Gasteiger partial charge in [-0.1, -0.05) is 6.92 Å². The summed E-state index contributed by atoms with van der Waals surface area (Å²) in [5.74, 6) is 1.37. The molecule has 2 rings (SSSR count). The molecule has 2 heterocycles. The molecule has 0 aliphatic carbocycles. The topological polar surface area (TPSA) is 54.2 Å². The smallest absolute Gasteiger partial charge is 0.230 e. The molecule has 16 heavy (non-hydrogen) atoms. The van der Waals surface area contributed by atoms with Crippen molar-refractivity contribution in [2.24, 2.45) is 0 Å². The van der Waals surface area contributed by atoms with Gasteiger partial charge in [0.1, 0.15) is 0 Å². The van der Waals surface area contributed by atoms with Gasteiger partial charge >= 0.3 is 0 Å². The molecule has 1 fully saturated rings. The zero-order valence-electron chi connectivity index (χ0n) is 10.1. The molecule has 5 heteroatoms. The second-order valence-electron chi connectivity index (χ2n) is 4.28. The minimum atomic E-state index is 0.603. The van der Waals surface area contributed by atoms with Crippen LogP contribution in [0.1, 0.15) is 31.5 Å². The van der Waals surface area contributed by atoms with Gasteiger partial charge in [0.15, 0.2) is 0 Å². The average molecular weight is 224 g/mol. The van der Waals surface area contributed by atoms with E-state index in [9.17, 15) is 0 Å². The summed E-state index contributed by atoms with van der Waals surface area (Å²) in [5.41, 5.74) is 0. The highest BCUT2D eigenvalue weighted by molar-refractivity contribution is 4.84. The fourth-order valence-electron chi connectivity index (χ4n) is 2.22. The van der Waals surface area contributed by atoms with E-state index >= 15 is 0 Å². The van der Waals surface area contributed by atoms with E-state index in [1.54, 1.807) is 0 Å². The Balaban J connectivity index is 1.94. The highest BCUT2D eigenvalue weighted by Gasteiger charge is 2.21. The zero-order valence-corrected chi connectivity index (χ0v) is 10.1. The molecule has 1 atom stereocenters. The lowest BCUT2D eigenvalue weighted by atomic mass is 10.1. The largest absolute Gasteiger partial charge is 0.424 e. The SMILES string of the molecule is CCN(Cc1nnc(C)o1)C1CCCNC1. The molecule has 1 aliphatic heterocycles. The second-order valence-corrected chi connectivity index (χ2v) is 4.28. The molecule has 1 aromatic rings. The third-order valence-corrected chi connectivity index (χ3v) is 3.10. The number of hydrogen-bond donors (Lipinski definition) is 1. The molecule has 0 spiro atoms. The van der Waals surface area contributed by atoms with Gasteiger partial charge in [0.25, 0.3) is 0 Å². The quantitative estimate of drug-likeness (QED) is 0.825. The minimum Gasteiger partial charge on any atom is -0.424 e. The predicted molar refractivity (Wildman–Crippen MR) is 61.0 cm³/mol. The van der Waals surface area contributed by atoms with Crippen molar-refractivity contribution in [3.63, 3.8) is 0 Å². The van der Waals surface area contributed by atoms with Crippen molar-refractivity contribution in [3.8, 4) is 0 Å². The van der Waals surface area contributed by atoms with Gasteiger partial charge in [-0.15, -0.1) is 10.2 Å². The van der Waals surface area contributed by atoms with Gasteiger partial charge < -0.3 is 9.73 Å². The number of piperidine rings is 1. The Bertz CT molecular complexity index is 320. The highest BCUT2D eigenvalue weighted by Crippen LogP contribution is 2.13. The van der Waals surface area contributed by atoms with E-state index in [0.717, 1.165) is 32.1 Å². The Morgan fingerprint density at radius 3 is 2.94 bits per heavy atom. The summed E-state index contributed by atoms with van der Waals surface area (Å²) in [5, 5.41) is 11.3. The first-order valence-electron chi connectivity index (χ1n) is 6.03. The number of rotatable bonds is 4. The van der Waals surface area contributed by atoms with Crippen LogP contribution < -0.4 is 5.32 Å². The van der Waals surface area contributed by atoms with E-state index in [1.807, 2.05) is 6.92 Å². The van der Waals surface area contributed by atoms with Crippen molar-refractivity contribution >= 4 is 0 Å². The molecule has 1 N–H and O–H groups in total. The molecular weight excluding hydrogens is 204 g/mol. The Kier molecular flexibility index (Phi) is 3.90. The molecule has 1 aromatic heterocycles. The van der Waals surface area contributed by atoms with Crippen LogP contribution in [-0.2, 0) is 6.54 Å². The van der Waals surface area contributed by atoms with Gasteiger partial charge in [-0.25, -0.2) is 0 Å². The molecule has 0 saturated carbocycles. The van der Waals surface area contributed by atoms with Gasteiger partial charge in [0.05, 0.1) is 6.54 Å². The Labute approximate surface area is 96.2 Å². The molecule has 1 saturated heterocycles. The van der Waals surface area contributed by atoms with Crippen molar-refractivity contribution in [1.29, 1.82) is 0 Å². The highest BCUT2D eigenvalue weighted by atomic mass is 16.4. The van der Waals surface area contributed by atoms with Gasteiger partial charge in [-0.05, 0) is 25.9 Å². The summed E-state index contributed by atoms with van der Waals surface area (Å²) < 4.78 is 5.42. The first-order chi connectivity index (χ1) is 7.79. The molecule has 1 unspecified atom stereocenters. The Hall–Kier alpha value is -0.940. The number of aryl methyl sites for hydroxylation is 1. The third kappa shape index (κ3) is 2.80. The van der Waals surface area contributed by atoms with Crippen LogP contribution in [0.4, 0.5) is 0 Å². The fourth-order valence-corrected chi connectivity index (χ4v) is 2.22. The van der Waals surface area contributed by atoms with E-state index in [4.69, 9.17) is 4.42 Å². The van der Waals surface area contributed by atoms with Crippen LogP contribution in [0.3, 0.4) is 0 Å². The summed E-state index contributed by atoms with van der Waals surface area (Å²) in [7, 11) is 0. The van der Waals surface area contributed by atoms with Crippen LogP contribution in [0.5, 0.6) is 0 Å². The maximum atomic E-state index is 5.42. The maximum absolute atomic E-state index is 5.42. The third-order valence-electron chi connectivity index (χ3n) is 3.10. The predicted octanol–water partition coefficient (Wildman–Crippen LogP) is 0.952. The van der Waals surface area contributed by atoms with Crippen LogP contribution in [0.2, 0.25) is 0 Å². The summed E-state index contributed by atoms with van der Waals surface area (Å²) in [6.45, 7) is 8.01. The van der Waals surface area contributed by atoms with E-state index < -0.39 is 0 Å². The molecule has 5 nitrogen and oxygen atoms in total. The number of likely N-dealkylation sites (N-methyl/N-ethyl adjacent to an activating group) is 1. The first-order valence-corrected chi connectivity index (χ1v) is 6.03. The zero-order chi connectivity index (χ0) is 11.4. The van der Waals surface area contributed by atoms with Gasteiger partial charge in [0, 0.05) is 19.5 Å². The minimum absolute atomic E-state index is 0.603. The Morgan fingerprint density at radius 1 is 1.50 bits per heavy atom. The van der Waals surface area contributed by atoms with Crippen LogP contribution in [0.25, 0.3) is 0 Å². The molecule has 90 valence electrons. The fraction of sp³-hybridized carbons (Fsp3) is 0.818. The molecule has 0 bridgehead atoms. The molecule has 0 radical (unpaired) electrons. The lowest BCUT2D eigenvalue weighted by Gasteiger charge is -2.32. The number of nitrogens with one attached hydrogen (secondary N) is 1. The lowest BCUT2D eigenvalue weighted by molar-refractivity contribution is 0.151. The first kappa shape index (κ1) is 11.5. The van der Waals surface area contributed by atoms with E-state index in [0.29, 0.717) is 11.9 Å². The van der Waals surface area contributed by atoms with Crippen molar-refractivity contribution in [1.82, 2.24) is 20.4 Å². The van der Waals surface area contributed by atoms with E-state index in [1.165, 1.54) is 12.8 Å². The van der Waals surface area contributed by atoms with Crippen LogP contribution >= 0.6 is 0 Å². The molecule has 0 aromatic carbocycles. The molecular formula is C11H20N4O. The van der Waals surface area contributed by atoms with Gasteiger partial charge in [-0.3, -0.25) is 4.90 Å². The second kappa shape index (κ2) is 5.41. The normalized spacial score (nSPS) is 21.6. The van der Waals surface area contributed by atoms with E-state index in [-0.39, 0.29) is 0 Å². The lowest BCUT2D eigenvalue weighted by Crippen LogP contribution is -2.45. The van der Waals surface area contributed by atoms with Crippen molar-refractivity contribution in [3.05, 3.63) is 11.8 Å². The van der Waals surface area contributed by atoms with E-state index in [2.05, 4.69) is 27.3 Å². The van der Waals surface area contributed by atoms with Crippen LogP contribution in [-0.4, -0.2) is 40.8 Å². The average Bonchev–Trinajstić information content (AvgIpc) is 2.73. The van der Waals surface area contributed by atoms with Crippen LogP contribution in [0, 0.1) is 6.92 Å². The van der Waals surface area contributed by atoms with Crippen molar-refractivity contribution in [2.75, 3.05) is 19.6 Å². The number of aromatic nitrogens is 2. The van der Waals surface area contributed by atoms with Gasteiger partial charge in [0.2, 0.25) is 11.8 Å². The van der Waals surface area contributed by atoms with Crippen molar-refractivity contribution < 1.29 is 4.42 Å². The summed E-state index contributed by atoms with van der Waals surface area (Å²) in [6, 6.07) is 0.603. The summed E-state index contributed by atoms with van der Waals surface area (Å²) in [4.78, 5) is 2.40. The summed E-state index contributed by atoms with van der Waals surface area (Å²) in [6.07, 6.45) is 2.51. The standard InChI is InChI=1S/C11H20N4O/c1-3-15(10-5-4-6-12-7-10)8-11-14-13-9(2)16-11/h10,12H,3-8H2,1-2H3. The van der Waals surface area contributed by atoms with Crippen molar-refractivity contribution in [2.45, 2.75) is 39.3 Å².